The first-order chi connectivity index (χ1) is 14.1. The molecule has 0 N–H and O–H groups in total. The van der Waals surface area contributed by atoms with Crippen molar-refractivity contribution < 1.29 is 8.78 Å². The van der Waals surface area contributed by atoms with E-state index >= 15 is 0 Å². The Hall–Kier alpha value is -3.22. The maximum atomic E-state index is 13.2. The molecule has 0 radical (unpaired) electrons. The van der Waals surface area contributed by atoms with Crippen molar-refractivity contribution in [1.82, 2.24) is 14.8 Å². The molecule has 0 amide bonds. The van der Waals surface area contributed by atoms with Gasteiger partial charge < -0.3 is 9.80 Å². The average Bonchev–Trinajstić information content (AvgIpc) is 3.13. The van der Waals surface area contributed by atoms with E-state index in [2.05, 4.69) is 38.1 Å². The van der Waals surface area contributed by atoms with Crippen LogP contribution < -0.4 is 9.80 Å². The molecule has 4 aromatic rings. The SMILES string of the molecule is Cn1ncc2ccc(N3CCN(c4cncc5ccc(C(F)F)cc45)CC3)cc21. The number of aromatic nitrogens is 3. The minimum atomic E-state index is -2.47. The predicted octanol–water partition coefficient (Wildman–Crippen LogP) is 4.39. The van der Waals surface area contributed by atoms with Crippen molar-refractivity contribution in [3.63, 3.8) is 0 Å². The largest absolute Gasteiger partial charge is 0.368 e. The minimum Gasteiger partial charge on any atom is -0.368 e. The van der Waals surface area contributed by atoms with Crippen molar-refractivity contribution in [3.05, 3.63) is 60.6 Å². The molecule has 7 heteroatoms. The molecule has 1 aliphatic rings. The maximum Gasteiger partial charge on any atom is 0.263 e. The summed E-state index contributed by atoms with van der Waals surface area (Å²) >= 11 is 0. The summed E-state index contributed by atoms with van der Waals surface area (Å²) in [6, 6.07) is 11.2. The molecule has 0 bridgehead atoms. The smallest absolute Gasteiger partial charge is 0.263 e. The third-order valence-corrected chi connectivity index (χ3v) is 5.73. The van der Waals surface area contributed by atoms with E-state index < -0.39 is 6.43 Å². The van der Waals surface area contributed by atoms with Crippen molar-refractivity contribution in [2.24, 2.45) is 7.05 Å². The van der Waals surface area contributed by atoms with Gasteiger partial charge in [-0.05, 0) is 24.3 Å². The Morgan fingerprint density at radius 1 is 0.862 bits per heavy atom. The molecule has 148 valence electrons. The number of pyridine rings is 1. The summed E-state index contributed by atoms with van der Waals surface area (Å²) in [5, 5.41) is 7.16. The molecule has 2 aromatic heterocycles. The number of alkyl halides is 2. The molecule has 1 saturated heterocycles. The maximum absolute atomic E-state index is 13.2. The first-order valence-corrected chi connectivity index (χ1v) is 9.67. The summed E-state index contributed by atoms with van der Waals surface area (Å²) in [6.07, 6.45) is 2.92. The van der Waals surface area contributed by atoms with E-state index in [4.69, 9.17) is 0 Å². The number of nitrogens with zero attached hydrogens (tertiary/aromatic N) is 5. The highest BCUT2D eigenvalue weighted by molar-refractivity contribution is 5.94. The van der Waals surface area contributed by atoms with Crippen LogP contribution in [0.2, 0.25) is 0 Å². The van der Waals surface area contributed by atoms with Crippen LogP contribution in [0, 0.1) is 0 Å². The molecule has 0 aliphatic carbocycles. The zero-order valence-corrected chi connectivity index (χ0v) is 16.1. The van der Waals surface area contributed by atoms with Crippen molar-refractivity contribution in [2.75, 3.05) is 36.0 Å². The van der Waals surface area contributed by atoms with Crippen LogP contribution in [0.5, 0.6) is 0 Å². The van der Waals surface area contributed by atoms with E-state index in [-0.39, 0.29) is 5.56 Å². The summed E-state index contributed by atoms with van der Waals surface area (Å²) < 4.78 is 28.2. The van der Waals surface area contributed by atoms with Gasteiger partial charge in [0, 0.05) is 66.8 Å². The highest BCUT2D eigenvalue weighted by atomic mass is 19.3. The first kappa shape index (κ1) is 17.8. The highest BCUT2D eigenvalue weighted by Gasteiger charge is 2.20. The molecule has 3 heterocycles. The second-order valence-corrected chi connectivity index (χ2v) is 7.43. The third kappa shape index (κ3) is 3.16. The van der Waals surface area contributed by atoms with Gasteiger partial charge in [-0.25, -0.2) is 8.78 Å². The Morgan fingerprint density at radius 3 is 2.41 bits per heavy atom. The fourth-order valence-electron chi connectivity index (χ4n) is 4.09. The fourth-order valence-corrected chi connectivity index (χ4v) is 4.09. The lowest BCUT2D eigenvalue weighted by atomic mass is 10.1. The zero-order chi connectivity index (χ0) is 20.0. The van der Waals surface area contributed by atoms with Gasteiger partial charge in [-0.15, -0.1) is 0 Å². The molecule has 29 heavy (non-hydrogen) atoms. The molecule has 5 nitrogen and oxygen atoms in total. The van der Waals surface area contributed by atoms with Gasteiger partial charge in [-0.1, -0.05) is 12.1 Å². The van der Waals surface area contributed by atoms with E-state index in [0.717, 1.165) is 53.5 Å². The van der Waals surface area contributed by atoms with Gasteiger partial charge in [0.05, 0.1) is 23.6 Å². The van der Waals surface area contributed by atoms with Crippen LogP contribution in [0.25, 0.3) is 21.7 Å². The minimum absolute atomic E-state index is 0.0491. The summed E-state index contributed by atoms with van der Waals surface area (Å²) in [5.74, 6) is 0. The topological polar surface area (TPSA) is 37.2 Å². The third-order valence-electron chi connectivity index (χ3n) is 5.73. The lowest BCUT2D eigenvalue weighted by Gasteiger charge is -2.37. The van der Waals surface area contributed by atoms with Crippen molar-refractivity contribution in [1.29, 1.82) is 0 Å². The standard InChI is InChI=1S/C22H21F2N5/c1-27-20-11-18(5-4-17(20)13-26-27)28-6-8-29(9-7-28)21-14-25-12-16-3-2-15(22(23)24)10-19(16)21/h2-5,10-14,22H,6-9H2,1H3. The number of fused-ring (bicyclic) bond motifs is 2. The number of rotatable bonds is 3. The number of anilines is 2. The normalized spacial score (nSPS) is 15.0. The Labute approximate surface area is 167 Å². The fraction of sp³-hybridized carbons (Fsp3) is 0.273. The highest BCUT2D eigenvalue weighted by Crippen LogP contribution is 2.31. The molecular weight excluding hydrogens is 372 g/mol. The molecule has 0 unspecified atom stereocenters. The van der Waals surface area contributed by atoms with Crippen molar-refractivity contribution >= 4 is 33.1 Å². The zero-order valence-electron chi connectivity index (χ0n) is 16.1. The van der Waals surface area contributed by atoms with Gasteiger partial charge in [-0.3, -0.25) is 9.67 Å². The molecular formula is C22H21F2N5. The molecule has 1 aliphatic heterocycles. The number of aryl methyl sites for hydroxylation is 1. The number of halogens is 2. The van der Waals surface area contributed by atoms with E-state index in [1.54, 1.807) is 24.5 Å². The molecule has 2 aromatic carbocycles. The van der Waals surface area contributed by atoms with E-state index in [0.29, 0.717) is 0 Å². The van der Waals surface area contributed by atoms with Crippen LogP contribution in [0.4, 0.5) is 20.2 Å². The lowest BCUT2D eigenvalue weighted by molar-refractivity contribution is 0.151. The Kier molecular flexibility index (Phi) is 4.30. The average molecular weight is 393 g/mol. The van der Waals surface area contributed by atoms with E-state index in [1.165, 1.54) is 11.8 Å². The van der Waals surface area contributed by atoms with Gasteiger partial charge in [-0.2, -0.15) is 5.10 Å². The summed E-state index contributed by atoms with van der Waals surface area (Å²) in [7, 11) is 1.95. The predicted molar refractivity (Wildman–Crippen MR) is 112 cm³/mol. The lowest BCUT2D eigenvalue weighted by Crippen LogP contribution is -2.46. The van der Waals surface area contributed by atoms with E-state index in [1.807, 2.05) is 17.9 Å². The molecule has 1 fully saturated rings. The Morgan fingerprint density at radius 2 is 1.62 bits per heavy atom. The number of hydrogen-bond donors (Lipinski definition) is 0. The van der Waals surface area contributed by atoms with Crippen LogP contribution in [0.3, 0.4) is 0 Å². The molecule has 0 saturated carbocycles. The quantitative estimate of drug-likeness (QED) is 0.518. The Bertz CT molecular complexity index is 1180. The number of piperazine rings is 1. The molecule has 5 rings (SSSR count). The van der Waals surface area contributed by atoms with Crippen molar-refractivity contribution in [2.45, 2.75) is 6.43 Å². The number of hydrogen-bond acceptors (Lipinski definition) is 4. The van der Waals surface area contributed by atoms with Gasteiger partial charge in [0.25, 0.3) is 6.43 Å². The van der Waals surface area contributed by atoms with Gasteiger partial charge in [0.1, 0.15) is 0 Å². The van der Waals surface area contributed by atoms with Crippen LogP contribution in [-0.4, -0.2) is 40.9 Å². The Balaban J connectivity index is 1.40. The van der Waals surface area contributed by atoms with Crippen LogP contribution in [0.15, 0.2) is 55.0 Å². The van der Waals surface area contributed by atoms with Crippen molar-refractivity contribution in [3.8, 4) is 0 Å². The molecule has 0 spiro atoms. The first-order valence-electron chi connectivity index (χ1n) is 9.67. The summed E-state index contributed by atoms with van der Waals surface area (Å²) in [6.45, 7) is 3.33. The summed E-state index contributed by atoms with van der Waals surface area (Å²) in [5.41, 5.74) is 3.26. The van der Waals surface area contributed by atoms with Crippen LogP contribution in [0.1, 0.15) is 12.0 Å². The van der Waals surface area contributed by atoms with Gasteiger partial charge >= 0.3 is 0 Å². The van der Waals surface area contributed by atoms with Crippen LogP contribution >= 0.6 is 0 Å². The second kappa shape index (κ2) is 6.99. The monoisotopic (exact) mass is 393 g/mol. The van der Waals surface area contributed by atoms with Gasteiger partial charge in [0.2, 0.25) is 0 Å². The second-order valence-electron chi connectivity index (χ2n) is 7.43. The van der Waals surface area contributed by atoms with Crippen LogP contribution in [-0.2, 0) is 7.05 Å². The summed E-state index contributed by atoms with van der Waals surface area (Å²) in [4.78, 5) is 8.92. The van der Waals surface area contributed by atoms with E-state index in [9.17, 15) is 8.78 Å². The molecule has 0 atom stereocenters. The van der Waals surface area contributed by atoms with Gasteiger partial charge in [0.15, 0.2) is 0 Å². The number of benzene rings is 2.